The summed E-state index contributed by atoms with van der Waals surface area (Å²) >= 11 is 1.56. The highest BCUT2D eigenvalue weighted by Crippen LogP contribution is 2.37. The first-order chi connectivity index (χ1) is 14.7. The summed E-state index contributed by atoms with van der Waals surface area (Å²) in [4.78, 5) is 44.9. The third-order valence-electron chi connectivity index (χ3n) is 6.70. The van der Waals surface area contributed by atoms with Gasteiger partial charge in [0.25, 0.3) is 11.1 Å². The van der Waals surface area contributed by atoms with Crippen LogP contribution in [0.5, 0.6) is 0 Å². The second kappa shape index (κ2) is 7.36. The topological polar surface area (TPSA) is 77.2 Å². The average molecular weight is 441 g/mol. The quantitative estimate of drug-likeness (QED) is 0.670. The van der Waals surface area contributed by atoms with Crippen molar-refractivity contribution in [2.45, 2.75) is 62.7 Å². The van der Waals surface area contributed by atoms with Crippen molar-refractivity contribution >= 4 is 17.7 Å². The van der Waals surface area contributed by atoms with Gasteiger partial charge in [-0.15, -0.1) is 0 Å². The van der Waals surface area contributed by atoms with E-state index in [1.54, 1.807) is 28.5 Å². The molecule has 8 heteroatoms. The van der Waals surface area contributed by atoms with Crippen molar-refractivity contribution in [1.29, 1.82) is 0 Å². The van der Waals surface area contributed by atoms with Gasteiger partial charge in [0, 0.05) is 61.0 Å². The van der Waals surface area contributed by atoms with Crippen molar-refractivity contribution < 1.29 is 4.79 Å². The molecule has 7 nitrogen and oxygen atoms in total. The van der Waals surface area contributed by atoms with E-state index in [4.69, 9.17) is 4.98 Å². The number of carbonyl (C=O) groups is 1. The molecule has 2 aromatic rings. The molecule has 164 valence electrons. The Hall–Kier alpha value is -2.35. The van der Waals surface area contributed by atoms with Crippen LogP contribution in [0.3, 0.4) is 0 Å². The third kappa shape index (κ3) is 3.64. The summed E-state index contributed by atoms with van der Waals surface area (Å²) in [5.41, 5.74) is 1.63. The lowest BCUT2D eigenvalue weighted by molar-refractivity contribution is -0.134. The third-order valence-corrected chi connectivity index (χ3v) is 7.80. The molecule has 1 fully saturated rings. The first kappa shape index (κ1) is 20.5. The van der Waals surface area contributed by atoms with Crippen molar-refractivity contribution in [2.75, 3.05) is 18.8 Å². The Kier molecular flexibility index (Phi) is 4.88. The van der Waals surface area contributed by atoms with Crippen molar-refractivity contribution in [1.82, 2.24) is 19.0 Å². The molecule has 1 amide bonds. The first-order valence-corrected chi connectivity index (χ1v) is 11.9. The van der Waals surface area contributed by atoms with E-state index in [9.17, 15) is 14.4 Å². The monoisotopic (exact) mass is 440 g/mol. The van der Waals surface area contributed by atoms with Crippen LogP contribution in [0, 0.1) is 5.92 Å². The van der Waals surface area contributed by atoms with E-state index >= 15 is 0 Å². The Morgan fingerprint density at radius 1 is 1.16 bits per heavy atom. The molecule has 5 heterocycles. The minimum Gasteiger partial charge on any atom is -0.342 e. The fourth-order valence-corrected chi connectivity index (χ4v) is 6.27. The van der Waals surface area contributed by atoms with Crippen LogP contribution >= 0.6 is 11.8 Å². The van der Waals surface area contributed by atoms with Crippen LogP contribution in [0.1, 0.15) is 57.0 Å². The first-order valence-electron chi connectivity index (χ1n) is 10.9. The van der Waals surface area contributed by atoms with E-state index in [0.717, 1.165) is 23.0 Å². The summed E-state index contributed by atoms with van der Waals surface area (Å²) in [5, 5.41) is 0.721. The lowest BCUT2D eigenvalue weighted by Crippen LogP contribution is -2.49. The molecule has 2 bridgehead atoms. The number of amides is 1. The van der Waals surface area contributed by atoms with Crippen molar-refractivity contribution in [3.63, 3.8) is 0 Å². The van der Waals surface area contributed by atoms with Gasteiger partial charge in [0.05, 0.1) is 11.7 Å². The molecule has 0 spiro atoms. The summed E-state index contributed by atoms with van der Waals surface area (Å²) in [5.74, 6) is 1.29. The van der Waals surface area contributed by atoms with E-state index in [0.29, 0.717) is 37.7 Å². The van der Waals surface area contributed by atoms with Crippen molar-refractivity contribution in [3.8, 4) is 0 Å². The van der Waals surface area contributed by atoms with Gasteiger partial charge in [-0.1, -0.05) is 38.6 Å². The maximum atomic E-state index is 13.2. The molecule has 0 saturated carbocycles. The Labute approximate surface area is 185 Å². The zero-order valence-electron chi connectivity index (χ0n) is 18.2. The smallest absolute Gasteiger partial charge is 0.254 e. The molecule has 0 radical (unpaired) electrons. The van der Waals surface area contributed by atoms with E-state index in [2.05, 4.69) is 0 Å². The number of rotatable bonds is 2. The molecule has 5 rings (SSSR count). The van der Waals surface area contributed by atoms with E-state index < -0.39 is 0 Å². The molecule has 3 atom stereocenters. The average Bonchev–Trinajstić information content (AvgIpc) is 3.11. The lowest BCUT2D eigenvalue weighted by atomic mass is 9.83. The zero-order valence-corrected chi connectivity index (χ0v) is 19.0. The summed E-state index contributed by atoms with van der Waals surface area (Å²) in [6.07, 6.45) is 1.34. The number of aromatic nitrogens is 3. The summed E-state index contributed by atoms with van der Waals surface area (Å²) in [6.45, 7) is 8.14. The zero-order chi connectivity index (χ0) is 21.9. The maximum Gasteiger partial charge on any atom is 0.254 e. The Morgan fingerprint density at radius 2 is 1.97 bits per heavy atom. The number of piperidine rings is 1. The number of carbonyl (C=O) groups excluding carboxylic acids is 1. The fourth-order valence-electron chi connectivity index (χ4n) is 5.12. The number of fused-ring (bicyclic) bond motifs is 5. The van der Waals surface area contributed by atoms with Gasteiger partial charge >= 0.3 is 0 Å². The van der Waals surface area contributed by atoms with Crippen molar-refractivity contribution in [2.24, 2.45) is 5.92 Å². The highest BCUT2D eigenvalue weighted by Gasteiger charge is 2.38. The minimum atomic E-state index is -0.187. The summed E-state index contributed by atoms with van der Waals surface area (Å²) in [6, 6.07) is 6.90. The number of thioether (sulfide) groups is 1. The molecular formula is C23H28N4O3S. The maximum absolute atomic E-state index is 13.2. The molecule has 1 saturated heterocycles. The van der Waals surface area contributed by atoms with Crippen LogP contribution < -0.4 is 11.1 Å². The van der Waals surface area contributed by atoms with Gasteiger partial charge in [0.2, 0.25) is 5.91 Å². The van der Waals surface area contributed by atoms with Gasteiger partial charge in [-0.2, -0.15) is 0 Å². The van der Waals surface area contributed by atoms with Crippen LogP contribution in [0.4, 0.5) is 0 Å². The highest BCUT2D eigenvalue weighted by atomic mass is 32.2. The van der Waals surface area contributed by atoms with Crippen LogP contribution in [-0.2, 0) is 16.8 Å². The van der Waals surface area contributed by atoms with Crippen molar-refractivity contribution in [3.05, 3.63) is 56.4 Å². The molecular weight excluding hydrogens is 412 g/mol. The van der Waals surface area contributed by atoms with Gasteiger partial charge in [-0.05, 0) is 18.4 Å². The normalized spacial score (nSPS) is 24.6. The van der Waals surface area contributed by atoms with Gasteiger partial charge in [0.15, 0.2) is 5.16 Å². The molecule has 0 N–H and O–H groups in total. The molecule has 31 heavy (non-hydrogen) atoms. The van der Waals surface area contributed by atoms with E-state index in [-0.39, 0.29) is 34.4 Å². The highest BCUT2D eigenvalue weighted by molar-refractivity contribution is 7.99. The van der Waals surface area contributed by atoms with Crippen LogP contribution in [0.25, 0.3) is 0 Å². The minimum absolute atomic E-state index is 0.0491. The second-order valence-electron chi connectivity index (χ2n) is 10.0. The number of nitrogens with zero attached hydrogens (tertiary/aromatic N) is 4. The molecule has 3 aliphatic heterocycles. The lowest BCUT2D eigenvalue weighted by Gasteiger charge is -2.43. The molecule has 0 aromatic carbocycles. The van der Waals surface area contributed by atoms with E-state index in [1.165, 1.54) is 0 Å². The van der Waals surface area contributed by atoms with E-state index in [1.807, 2.05) is 42.4 Å². The molecule has 2 aromatic heterocycles. The molecule has 3 unspecified atom stereocenters. The number of hydrogen-bond donors (Lipinski definition) is 0. The number of likely N-dealkylation sites (tertiary alicyclic amines) is 1. The second-order valence-corrected chi connectivity index (χ2v) is 11.0. The predicted molar refractivity (Wildman–Crippen MR) is 120 cm³/mol. The van der Waals surface area contributed by atoms with Crippen LogP contribution in [0.2, 0.25) is 0 Å². The van der Waals surface area contributed by atoms with Crippen LogP contribution in [-0.4, -0.2) is 43.8 Å². The Balaban J connectivity index is 1.34. The largest absolute Gasteiger partial charge is 0.342 e. The van der Waals surface area contributed by atoms with Gasteiger partial charge in [0.1, 0.15) is 0 Å². The van der Waals surface area contributed by atoms with Crippen LogP contribution in [0.15, 0.2) is 39.0 Å². The molecule has 0 aliphatic carbocycles. The Morgan fingerprint density at radius 3 is 2.74 bits per heavy atom. The summed E-state index contributed by atoms with van der Waals surface area (Å²) in [7, 11) is 0. The predicted octanol–water partition coefficient (Wildman–Crippen LogP) is 2.39. The van der Waals surface area contributed by atoms with Gasteiger partial charge in [-0.25, -0.2) is 4.98 Å². The van der Waals surface area contributed by atoms with Gasteiger partial charge in [-0.3, -0.25) is 19.0 Å². The Bertz CT molecular complexity index is 1160. The summed E-state index contributed by atoms with van der Waals surface area (Å²) < 4.78 is 3.58. The number of hydrogen-bond acceptors (Lipinski definition) is 5. The standard InChI is InChI=1S/C23H28N4O3S/c1-23(2,3)18-9-21(30)27-16(13-31-22(27)24-18)8-20(29)25-10-14-7-15(12-25)17-5-4-6-19(28)26(17)11-14/h4-6,9,14-16H,7-8,10-13H2,1-3H3. The molecule has 3 aliphatic rings. The fraction of sp³-hybridized carbons (Fsp3) is 0.565. The SMILES string of the molecule is CC(C)(C)c1cc(=O)n2c(n1)SCC2CC(=O)N1CC2CC(C1)c1cccc(=O)n1C2. The van der Waals surface area contributed by atoms with Gasteiger partial charge < -0.3 is 9.47 Å². The number of pyridine rings is 1.